The number of nitrogens with zero attached hydrogens (tertiary/aromatic N) is 1. The molecule has 2 amide bonds. The second-order valence-corrected chi connectivity index (χ2v) is 6.10. The highest BCUT2D eigenvalue weighted by Crippen LogP contribution is 2.38. The van der Waals surface area contributed by atoms with E-state index in [1.807, 2.05) is 4.90 Å². The molecule has 1 aliphatic heterocycles. The van der Waals surface area contributed by atoms with Gasteiger partial charge in [-0.25, -0.2) is 0 Å². The zero-order valence-corrected chi connectivity index (χ0v) is 11.7. The number of carbonyl (C=O) groups excluding carboxylic acids is 2. The van der Waals surface area contributed by atoms with Crippen LogP contribution in [0.3, 0.4) is 0 Å². The van der Waals surface area contributed by atoms with E-state index in [9.17, 15) is 9.59 Å². The van der Waals surface area contributed by atoms with Gasteiger partial charge >= 0.3 is 0 Å². The van der Waals surface area contributed by atoms with Gasteiger partial charge in [0, 0.05) is 6.54 Å². The highest BCUT2D eigenvalue weighted by atomic mass is 16.2. The SMILES string of the molecule is CCCCCN1C(=O)C(C)(C)NC(=O)C1C1CC1. The molecule has 2 fully saturated rings. The Labute approximate surface area is 109 Å². The number of amides is 2. The zero-order chi connectivity index (χ0) is 13.3. The van der Waals surface area contributed by atoms with Gasteiger partial charge in [0.25, 0.3) is 0 Å². The van der Waals surface area contributed by atoms with E-state index in [-0.39, 0.29) is 17.9 Å². The maximum Gasteiger partial charge on any atom is 0.248 e. The molecule has 102 valence electrons. The average Bonchev–Trinajstić information content (AvgIpc) is 3.09. The summed E-state index contributed by atoms with van der Waals surface area (Å²) in [6, 6.07) is -0.206. The highest BCUT2D eigenvalue weighted by Gasteiger charge is 2.50. The molecule has 4 nitrogen and oxygen atoms in total. The van der Waals surface area contributed by atoms with E-state index < -0.39 is 5.54 Å². The first-order valence-electron chi connectivity index (χ1n) is 7.10. The van der Waals surface area contributed by atoms with Crippen LogP contribution in [0.25, 0.3) is 0 Å². The Morgan fingerprint density at radius 1 is 1.28 bits per heavy atom. The fraction of sp³-hybridized carbons (Fsp3) is 0.857. The predicted molar refractivity (Wildman–Crippen MR) is 70.0 cm³/mol. The Morgan fingerprint density at radius 2 is 1.94 bits per heavy atom. The van der Waals surface area contributed by atoms with E-state index in [1.54, 1.807) is 13.8 Å². The molecule has 1 N–H and O–H groups in total. The van der Waals surface area contributed by atoms with Gasteiger partial charge in [-0.2, -0.15) is 0 Å². The van der Waals surface area contributed by atoms with Gasteiger partial charge in [0.15, 0.2) is 0 Å². The number of unbranched alkanes of at least 4 members (excludes halogenated alkanes) is 2. The molecular formula is C14H24N2O2. The van der Waals surface area contributed by atoms with Crippen molar-refractivity contribution in [2.75, 3.05) is 6.54 Å². The minimum atomic E-state index is -0.741. The van der Waals surface area contributed by atoms with Crippen LogP contribution in [0.2, 0.25) is 0 Å². The van der Waals surface area contributed by atoms with Crippen LogP contribution < -0.4 is 5.32 Å². The summed E-state index contributed by atoms with van der Waals surface area (Å²) in [6.07, 6.45) is 5.40. The maximum absolute atomic E-state index is 12.4. The van der Waals surface area contributed by atoms with E-state index in [1.165, 1.54) is 0 Å². The van der Waals surface area contributed by atoms with Crippen molar-refractivity contribution in [2.24, 2.45) is 5.92 Å². The first-order valence-corrected chi connectivity index (χ1v) is 7.10. The van der Waals surface area contributed by atoms with Crippen LogP contribution in [-0.2, 0) is 9.59 Å². The summed E-state index contributed by atoms with van der Waals surface area (Å²) >= 11 is 0. The summed E-state index contributed by atoms with van der Waals surface area (Å²) in [5.74, 6) is 0.514. The third-order valence-corrected chi connectivity index (χ3v) is 3.91. The summed E-state index contributed by atoms with van der Waals surface area (Å²) in [5.41, 5.74) is -0.741. The van der Waals surface area contributed by atoms with E-state index in [0.717, 1.165) is 38.6 Å². The van der Waals surface area contributed by atoms with Crippen LogP contribution in [-0.4, -0.2) is 34.8 Å². The minimum Gasteiger partial charge on any atom is -0.340 e. The van der Waals surface area contributed by atoms with E-state index in [2.05, 4.69) is 12.2 Å². The van der Waals surface area contributed by atoms with Gasteiger partial charge < -0.3 is 10.2 Å². The van der Waals surface area contributed by atoms with Crippen LogP contribution in [0, 0.1) is 5.92 Å². The molecular weight excluding hydrogens is 228 g/mol. The number of hydrogen-bond acceptors (Lipinski definition) is 2. The normalized spacial score (nSPS) is 27.3. The standard InChI is InChI=1S/C14H24N2O2/c1-4-5-6-9-16-11(10-7-8-10)12(17)15-14(2,3)13(16)18/h10-11H,4-9H2,1-3H3,(H,15,17). The van der Waals surface area contributed by atoms with Crippen molar-refractivity contribution in [3.8, 4) is 0 Å². The van der Waals surface area contributed by atoms with Gasteiger partial charge in [-0.05, 0) is 39.0 Å². The number of rotatable bonds is 5. The van der Waals surface area contributed by atoms with Gasteiger partial charge in [0.1, 0.15) is 11.6 Å². The third-order valence-electron chi connectivity index (χ3n) is 3.91. The zero-order valence-electron chi connectivity index (χ0n) is 11.7. The van der Waals surface area contributed by atoms with Gasteiger partial charge in [0.05, 0.1) is 0 Å². The van der Waals surface area contributed by atoms with Crippen molar-refractivity contribution in [1.82, 2.24) is 10.2 Å². The Balaban J connectivity index is 2.11. The molecule has 1 aliphatic carbocycles. The molecule has 0 aromatic carbocycles. The molecule has 1 atom stereocenters. The summed E-state index contributed by atoms with van der Waals surface area (Å²) in [4.78, 5) is 26.5. The lowest BCUT2D eigenvalue weighted by Crippen LogP contribution is -2.68. The molecule has 1 saturated heterocycles. The lowest BCUT2D eigenvalue weighted by molar-refractivity contribution is -0.154. The summed E-state index contributed by atoms with van der Waals surface area (Å²) in [5, 5.41) is 2.87. The van der Waals surface area contributed by atoms with E-state index >= 15 is 0 Å². The van der Waals surface area contributed by atoms with Gasteiger partial charge in [-0.3, -0.25) is 9.59 Å². The Kier molecular flexibility index (Phi) is 3.64. The first kappa shape index (κ1) is 13.4. The first-order chi connectivity index (χ1) is 8.47. The van der Waals surface area contributed by atoms with Crippen molar-refractivity contribution in [3.05, 3.63) is 0 Å². The number of nitrogens with one attached hydrogen (secondary N) is 1. The fourth-order valence-electron chi connectivity index (χ4n) is 2.72. The van der Waals surface area contributed by atoms with Crippen LogP contribution in [0.1, 0.15) is 52.9 Å². The molecule has 0 spiro atoms. The Hall–Kier alpha value is -1.06. The minimum absolute atomic E-state index is 0.0404. The molecule has 0 aromatic rings. The van der Waals surface area contributed by atoms with Crippen LogP contribution in [0.5, 0.6) is 0 Å². The van der Waals surface area contributed by atoms with Crippen molar-refractivity contribution in [3.63, 3.8) is 0 Å². The summed E-state index contributed by atoms with van der Waals surface area (Å²) < 4.78 is 0. The Bertz CT molecular complexity index is 348. The second kappa shape index (κ2) is 4.90. The highest BCUT2D eigenvalue weighted by molar-refractivity contribution is 5.99. The van der Waals surface area contributed by atoms with Crippen molar-refractivity contribution < 1.29 is 9.59 Å². The lowest BCUT2D eigenvalue weighted by Gasteiger charge is -2.43. The average molecular weight is 252 g/mol. The van der Waals surface area contributed by atoms with E-state index in [0.29, 0.717) is 5.92 Å². The molecule has 18 heavy (non-hydrogen) atoms. The molecule has 4 heteroatoms. The van der Waals surface area contributed by atoms with Gasteiger partial charge in [-0.1, -0.05) is 19.8 Å². The monoisotopic (exact) mass is 252 g/mol. The molecule has 1 unspecified atom stereocenters. The molecule has 2 rings (SSSR count). The molecule has 0 radical (unpaired) electrons. The quantitative estimate of drug-likeness (QED) is 0.757. The second-order valence-electron chi connectivity index (χ2n) is 6.10. The van der Waals surface area contributed by atoms with Crippen molar-refractivity contribution in [1.29, 1.82) is 0 Å². The molecule has 0 aromatic heterocycles. The topological polar surface area (TPSA) is 49.4 Å². The molecule has 2 aliphatic rings. The molecule has 0 bridgehead atoms. The Morgan fingerprint density at radius 3 is 2.50 bits per heavy atom. The van der Waals surface area contributed by atoms with Gasteiger partial charge in [0.2, 0.25) is 11.8 Å². The van der Waals surface area contributed by atoms with Crippen LogP contribution >= 0.6 is 0 Å². The van der Waals surface area contributed by atoms with Crippen LogP contribution in [0.4, 0.5) is 0 Å². The van der Waals surface area contributed by atoms with Crippen molar-refractivity contribution >= 4 is 11.8 Å². The number of hydrogen-bond donors (Lipinski definition) is 1. The smallest absolute Gasteiger partial charge is 0.248 e. The number of piperazine rings is 1. The maximum atomic E-state index is 12.4. The van der Waals surface area contributed by atoms with Crippen molar-refractivity contribution in [2.45, 2.75) is 64.5 Å². The predicted octanol–water partition coefficient (Wildman–Crippen LogP) is 1.69. The van der Waals surface area contributed by atoms with Crippen LogP contribution in [0.15, 0.2) is 0 Å². The third kappa shape index (κ3) is 2.52. The largest absolute Gasteiger partial charge is 0.340 e. The molecule has 1 heterocycles. The molecule has 1 saturated carbocycles. The number of carbonyl (C=O) groups is 2. The summed E-state index contributed by atoms with van der Waals surface area (Å²) in [7, 11) is 0. The lowest BCUT2D eigenvalue weighted by atomic mass is 9.94. The van der Waals surface area contributed by atoms with E-state index in [4.69, 9.17) is 0 Å². The fourth-order valence-corrected chi connectivity index (χ4v) is 2.72. The van der Waals surface area contributed by atoms with Gasteiger partial charge in [-0.15, -0.1) is 0 Å². The summed E-state index contributed by atoms with van der Waals surface area (Å²) in [6.45, 7) is 6.46.